The number of thiazole rings is 1. The highest BCUT2D eigenvalue weighted by molar-refractivity contribution is 7.16. The molecule has 0 aliphatic heterocycles. The van der Waals surface area contributed by atoms with Crippen molar-refractivity contribution in [3.8, 4) is 11.5 Å². The van der Waals surface area contributed by atoms with Gasteiger partial charge in [0.05, 0.1) is 5.52 Å². The number of benzene rings is 1. The molecule has 1 aromatic carbocycles. The maximum atomic E-state index is 10.8. The van der Waals surface area contributed by atoms with Crippen LogP contribution in [0.3, 0.4) is 0 Å². The Labute approximate surface area is 70.7 Å². The molecule has 5 heteroatoms. The van der Waals surface area contributed by atoms with Crippen molar-refractivity contribution >= 4 is 21.6 Å². The molecule has 4 nitrogen and oxygen atoms in total. The summed E-state index contributed by atoms with van der Waals surface area (Å²) in [5.41, 5.74) is 0.542. The number of phenolic OH excluding ortho intramolecular Hbond substituents is 2. The van der Waals surface area contributed by atoms with Crippen molar-refractivity contribution in [1.29, 1.82) is 0 Å². The third-order valence-electron chi connectivity index (χ3n) is 1.54. The van der Waals surface area contributed by atoms with Gasteiger partial charge in [-0.15, -0.1) is 0 Å². The van der Waals surface area contributed by atoms with Crippen LogP contribution < -0.4 is 4.87 Å². The lowest BCUT2D eigenvalue weighted by atomic mass is 10.3. The van der Waals surface area contributed by atoms with Gasteiger partial charge in [-0.1, -0.05) is 11.3 Å². The molecule has 0 fully saturated rings. The summed E-state index contributed by atoms with van der Waals surface area (Å²) < 4.78 is 0.389. The van der Waals surface area contributed by atoms with Gasteiger partial charge < -0.3 is 15.2 Å². The summed E-state index contributed by atoms with van der Waals surface area (Å²) in [5.74, 6) is -0.450. The summed E-state index contributed by atoms with van der Waals surface area (Å²) in [5, 5.41) is 18.3. The second-order valence-electron chi connectivity index (χ2n) is 2.32. The first-order valence-corrected chi connectivity index (χ1v) is 4.04. The Morgan fingerprint density at radius 2 is 2.08 bits per heavy atom. The first-order chi connectivity index (χ1) is 5.68. The van der Waals surface area contributed by atoms with Crippen LogP contribution in [-0.4, -0.2) is 15.2 Å². The van der Waals surface area contributed by atoms with E-state index in [0.717, 1.165) is 11.3 Å². The van der Waals surface area contributed by atoms with Gasteiger partial charge in [-0.3, -0.25) is 4.79 Å². The van der Waals surface area contributed by atoms with Crippen molar-refractivity contribution in [2.45, 2.75) is 0 Å². The molecule has 3 N–H and O–H groups in total. The standard InChI is InChI=1S/C7H5NO3S/c9-4-2-1-3-6(5(4)10)12-7(11)8-3/h1-2,9-10H,(H,8,11). The number of aromatic hydroxyl groups is 2. The first kappa shape index (κ1) is 7.17. The van der Waals surface area contributed by atoms with Gasteiger partial charge in [0.25, 0.3) is 0 Å². The second-order valence-corrected chi connectivity index (χ2v) is 3.31. The molecular weight excluding hydrogens is 178 g/mol. The van der Waals surface area contributed by atoms with Gasteiger partial charge >= 0.3 is 4.87 Å². The van der Waals surface area contributed by atoms with Crippen LogP contribution in [0.15, 0.2) is 16.9 Å². The average Bonchev–Trinajstić information content (AvgIpc) is 2.39. The maximum Gasteiger partial charge on any atom is 0.305 e. The molecule has 0 saturated heterocycles. The number of aromatic amines is 1. The van der Waals surface area contributed by atoms with E-state index in [1.807, 2.05) is 0 Å². The highest BCUT2D eigenvalue weighted by Gasteiger charge is 2.07. The van der Waals surface area contributed by atoms with Crippen molar-refractivity contribution in [3.05, 3.63) is 21.8 Å². The van der Waals surface area contributed by atoms with Crippen molar-refractivity contribution in [1.82, 2.24) is 4.98 Å². The zero-order valence-corrected chi connectivity index (χ0v) is 6.68. The Balaban J connectivity index is 2.99. The molecule has 0 unspecified atom stereocenters. The third-order valence-corrected chi connectivity index (χ3v) is 2.45. The number of phenols is 2. The normalized spacial score (nSPS) is 10.7. The SMILES string of the molecule is O=c1[nH]c2ccc(O)c(O)c2s1. The molecule has 0 spiro atoms. The largest absolute Gasteiger partial charge is 0.504 e. The molecule has 2 rings (SSSR count). The van der Waals surface area contributed by atoms with E-state index in [2.05, 4.69) is 4.98 Å². The van der Waals surface area contributed by atoms with Crippen LogP contribution in [-0.2, 0) is 0 Å². The lowest BCUT2D eigenvalue weighted by molar-refractivity contribution is 0.408. The van der Waals surface area contributed by atoms with Crippen LogP contribution in [0.5, 0.6) is 11.5 Å². The number of aromatic nitrogens is 1. The van der Waals surface area contributed by atoms with Crippen LogP contribution in [0, 0.1) is 0 Å². The molecule has 0 radical (unpaired) electrons. The van der Waals surface area contributed by atoms with Crippen molar-refractivity contribution in [2.75, 3.05) is 0 Å². The molecule has 62 valence electrons. The van der Waals surface area contributed by atoms with Gasteiger partial charge in [0.15, 0.2) is 11.5 Å². The average molecular weight is 183 g/mol. The number of H-pyrrole nitrogens is 1. The van der Waals surface area contributed by atoms with Gasteiger partial charge in [-0.05, 0) is 12.1 Å². The van der Waals surface area contributed by atoms with Crippen LogP contribution in [0.25, 0.3) is 10.2 Å². The summed E-state index contributed by atoms with van der Waals surface area (Å²) in [6, 6.07) is 2.88. The van der Waals surface area contributed by atoms with Crippen molar-refractivity contribution in [3.63, 3.8) is 0 Å². The lowest BCUT2D eigenvalue weighted by Crippen LogP contribution is -1.89. The van der Waals surface area contributed by atoms with Crippen molar-refractivity contribution < 1.29 is 10.2 Å². The van der Waals surface area contributed by atoms with Gasteiger partial charge in [0.1, 0.15) is 4.70 Å². The minimum Gasteiger partial charge on any atom is -0.504 e. The molecule has 0 amide bonds. The molecule has 0 aliphatic rings. The fourth-order valence-electron chi connectivity index (χ4n) is 0.991. The monoisotopic (exact) mass is 183 g/mol. The maximum absolute atomic E-state index is 10.8. The summed E-state index contributed by atoms with van der Waals surface area (Å²) >= 11 is 0.872. The number of rotatable bonds is 0. The Kier molecular flexibility index (Phi) is 1.34. The zero-order chi connectivity index (χ0) is 8.72. The Hall–Kier alpha value is -1.49. The van der Waals surface area contributed by atoms with Crippen LogP contribution >= 0.6 is 11.3 Å². The molecule has 1 heterocycles. The predicted molar refractivity (Wildman–Crippen MR) is 45.8 cm³/mol. The van der Waals surface area contributed by atoms with E-state index in [1.165, 1.54) is 6.07 Å². The lowest BCUT2D eigenvalue weighted by Gasteiger charge is -1.95. The van der Waals surface area contributed by atoms with Gasteiger partial charge in [-0.25, -0.2) is 0 Å². The Morgan fingerprint density at radius 1 is 1.33 bits per heavy atom. The molecule has 2 aromatic rings. The quantitative estimate of drug-likeness (QED) is 0.533. The zero-order valence-electron chi connectivity index (χ0n) is 5.87. The number of hydrogen-bond acceptors (Lipinski definition) is 4. The fraction of sp³-hybridized carbons (Fsp3) is 0. The van der Waals surface area contributed by atoms with E-state index in [9.17, 15) is 9.90 Å². The van der Waals surface area contributed by atoms with Crippen LogP contribution in [0.4, 0.5) is 0 Å². The molecule has 12 heavy (non-hydrogen) atoms. The van der Waals surface area contributed by atoms with E-state index >= 15 is 0 Å². The smallest absolute Gasteiger partial charge is 0.305 e. The summed E-state index contributed by atoms with van der Waals surface area (Å²) in [6.45, 7) is 0. The number of nitrogens with one attached hydrogen (secondary N) is 1. The molecule has 0 bridgehead atoms. The van der Waals surface area contributed by atoms with E-state index in [1.54, 1.807) is 6.07 Å². The number of fused-ring (bicyclic) bond motifs is 1. The minimum atomic E-state index is -0.245. The molecule has 0 aliphatic carbocycles. The number of hydrogen-bond donors (Lipinski definition) is 3. The van der Waals surface area contributed by atoms with Crippen LogP contribution in [0.2, 0.25) is 0 Å². The van der Waals surface area contributed by atoms with Gasteiger partial charge in [0.2, 0.25) is 0 Å². The Morgan fingerprint density at radius 3 is 2.83 bits per heavy atom. The topological polar surface area (TPSA) is 73.3 Å². The van der Waals surface area contributed by atoms with Crippen molar-refractivity contribution in [2.24, 2.45) is 0 Å². The molecule has 0 saturated carbocycles. The highest BCUT2D eigenvalue weighted by atomic mass is 32.1. The van der Waals surface area contributed by atoms with E-state index < -0.39 is 0 Å². The summed E-state index contributed by atoms with van der Waals surface area (Å²) in [6.07, 6.45) is 0. The fourth-order valence-corrected chi connectivity index (χ4v) is 1.77. The Bertz CT molecular complexity index is 485. The first-order valence-electron chi connectivity index (χ1n) is 3.22. The second kappa shape index (κ2) is 2.25. The molecular formula is C7H5NO3S. The van der Waals surface area contributed by atoms with E-state index in [-0.39, 0.29) is 16.4 Å². The minimum absolute atomic E-state index is 0.210. The van der Waals surface area contributed by atoms with Crippen LogP contribution in [0.1, 0.15) is 0 Å². The summed E-state index contributed by atoms with van der Waals surface area (Å²) in [7, 11) is 0. The van der Waals surface area contributed by atoms with Gasteiger partial charge in [-0.2, -0.15) is 0 Å². The predicted octanol–water partition coefficient (Wildman–Crippen LogP) is 1.00. The third kappa shape index (κ3) is 0.868. The summed E-state index contributed by atoms with van der Waals surface area (Å²) in [4.78, 5) is 13.1. The highest BCUT2D eigenvalue weighted by Crippen LogP contribution is 2.33. The van der Waals surface area contributed by atoms with E-state index in [0.29, 0.717) is 10.2 Å². The molecule has 0 atom stereocenters. The molecule has 1 aromatic heterocycles. The van der Waals surface area contributed by atoms with E-state index in [4.69, 9.17) is 5.11 Å². The van der Waals surface area contributed by atoms with Gasteiger partial charge in [0, 0.05) is 0 Å².